The van der Waals surface area contributed by atoms with Crippen LogP contribution in [0.2, 0.25) is 0 Å². The summed E-state index contributed by atoms with van der Waals surface area (Å²) in [7, 11) is 0. The van der Waals surface area contributed by atoms with Gasteiger partial charge < -0.3 is 10.0 Å². The number of nitrogens with zero attached hydrogens (tertiary/aromatic N) is 1. The van der Waals surface area contributed by atoms with Gasteiger partial charge in [0.05, 0.1) is 6.42 Å². The summed E-state index contributed by atoms with van der Waals surface area (Å²) in [5.74, 6) is -0.668. The van der Waals surface area contributed by atoms with E-state index in [9.17, 15) is 4.79 Å². The molecule has 0 bridgehead atoms. The van der Waals surface area contributed by atoms with Crippen molar-refractivity contribution < 1.29 is 9.90 Å². The van der Waals surface area contributed by atoms with Crippen LogP contribution in [0.15, 0.2) is 0 Å². The van der Waals surface area contributed by atoms with E-state index >= 15 is 0 Å². The Morgan fingerprint density at radius 1 is 1.57 bits per heavy atom. The summed E-state index contributed by atoms with van der Waals surface area (Å²) in [4.78, 5) is 13.1. The van der Waals surface area contributed by atoms with Gasteiger partial charge in [0.25, 0.3) is 0 Å². The molecule has 0 amide bonds. The number of piperidine rings is 1. The number of hydrogen-bond acceptors (Lipinski definition) is 2. The van der Waals surface area contributed by atoms with Gasteiger partial charge in [-0.25, -0.2) is 0 Å². The molecule has 1 N–H and O–H groups in total. The first-order valence-corrected chi connectivity index (χ1v) is 5.39. The van der Waals surface area contributed by atoms with E-state index in [1.807, 2.05) is 0 Å². The third kappa shape index (κ3) is 2.98. The lowest BCUT2D eigenvalue weighted by atomic mass is 9.79. The summed E-state index contributed by atoms with van der Waals surface area (Å²) in [6.45, 7) is 8.48. The molecule has 1 heterocycles. The van der Waals surface area contributed by atoms with E-state index in [4.69, 9.17) is 5.11 Å². The van der Waals surface area contributed by atoms with Crippen molar-refractivity contribution in [3.63, 3.8) is 0 Å². The van der Waals surface area contributed by atoms with E-state index in [-0.39, 0.29) is 5.41 Å². The largest absolute Gasteiger partial charge is 0.481 e. The second-order valence-electron chi connectivity index (χ2n) is 5.05. The predicted molar refractivity (Wildman–Crippen MR) is 56.3 cm³/mol. The van der Waals surface area contributed by atoms with Crippen LogP contribution in [0.4, 0.5) is 0 Å². The molecular formula is C11H21NO2. The fraction of sp³-hybridized carbons (Fsp3) is 0.909. The number of carboxylic acid groups (broad SMARTS) is 1. The summed E-state index contributed by atoms with van der Waals surface area (Å²) in [6.07, 6.45) is 2.47. The van der Waals surface area contributed by atoms with Crippen LogP contribution in [0.1, 0.15) is 40.0 Å². The molecule has 0 aromatic heterocycles. The number of carboxylic acids is 1. The minimum Gasteiger partial charge on any atom is -0.481 e. The van der Waals surface area contributed by atoms with Gasteiger partial charge in [0.1, 0.15) is 0 Å². The maximum Gasteiger partial charge on any atom is 0.303 e. The summed E-state index contributed by atoms with van der Waals surface area (Å²) in [6, 6.07) is 0.531. The molecule has 0 radical (unpaired) electrons. The van der Waals surface area contributed by atoms with Crippen molar-refractivity contribution in [2.45, 2.75) is 46.1 Å². The van der Waals surface area contributed by atoms with E-state index < -0.39 is 5.97 Å². The normalized spacial score (nSPS) is 29.4. The fourth-order valence-electron chi connectivity index (χ4n) is 2.31. The van der Waals surface area contributed by atoms with Gasteiger partial charge in [-0.2, -0.15) is 0 Å². The minimum absolute atomic E-state index is 0.0195. The fourth-order valence-corrected chi connectivity index (χ4v) is 2.31. The molecule has 1 rings (SSSR count). The van der Waals surface area contributed by atoms with Crippen LogP contribution in [0.25, 0.3) is 0 Å². The zero-order valence-electron chi connectivity index (χ0n) is 9.42. The van der Waals surface area contributed by atoms with Crippen molar-refractivity contribution in [3.05, 3.63) is 0 Å². The Morgan fingerprint density at radius 2 is 2.21 bits per heavy atom. The lowest BCUT2D eigenvalue weighted by Crippen LogP contribution is -2.45. The Labute approximate surface area is 86.1 Å². The molecule has 1 fully saturated rings. The van der Waals surface area contributed by atoms with Gasteiger partial charge in [0.2, 0.25) is 0 Å². The van der Waals surface area contributed by atoms with Crippen molar-refractivity contribution in [3.8, 4) is 0 Å². The van der Waals surface area contributed by atoms with Gasteiger partial charge in [-0.15, -0.1) is 0 Å². The van der Waals surface area contributed by atoms with E-state index in [0.717, 1.165) is 25.9 Å². The molecular weight excluding hydrogens is 178 g/mol. The predicted octanol–water partition coefficient (Wildman–Crippen LogP) is 1.97. The second-order valence-corrected chi connectivity index (χ2v) is 5.05. The van der Waals surface area contributed by atoms with Crippen molar-refractivity contribution in [1.82, 2.24) is 4.90 Å². The Bertz CT molecular complexity index is 215. The Kier molecular flexibility index (Phi) is 3.53. The molecule has 1 atom stereocenters. The molecule has 14 heavy (non-hydrogen) atoms. The number of aliphatic carboxylic acids is 1. The SMILES string of the molecule is CC(C)N1CCCC(C)(CC(=O)O)C1. The van der Waals surface area contributed by atoms with Crippen LogP contribution in [0, 0.1) is 5.41 Å². The molecule has 0 spiro atoms. The quantitative estimate of drug-likeness (QED) is 0.755. The van der Waals surface area contributed by atoms with Crippen LogP contribution in [-0.4, -0.2) is 35.1 Å². The number of hydrogen-bond donors (Lipinski definition) is 1. The molecule has 0 saturated carbocycles. The van der Waals surface area contributed by atoms with E-state index in [1.165, 1.54) is 0 Å². The molecule has 3 heteroatoms. The highest BCUT2D eigenvalue weighted by atomic mass is 16.4. The maximum absolute atomic E-state index is 10.7. The third-order valence-electron chi connectivity index (χ3n) is 3.12. The zero-order valence-corrected chi connectivity index (χ0v) is 9.42. The van der Waals surface area contributed by atoms with Crippen molar-refractivity contribution >= 4 is 5.97 Å². The second kappa shape index (κ2) is 4.30. The molecule has 0 aliphatic carbocycles. The zero-order chi connectivity index (χ0) is 10.8. The van der Waals surface area contributed by atoms with Crippen LogP contribution >= 0.6 is 0 Å². The van der Waals surface area contributed by atoms with Crippen LogP contribution in [0.3, 0.4) is 0 Å². The molecule has 1 aliphatic heterocycles. The Balaban J connectivity index is 2.57. The van der Waals surface area contributed by atoms with Gasteiger partial charge in [-0.1, -0.05) is 6.92 Å². The maximum atomic E-state index is 10.7. The smallest absolute Gasteiger partial charge is 0.303 e. The minimum atomic E-state index is -0.668. The lowest BCUT2D eigenvalue weighted by molar-refractivity contribution is -0.140. The Hall–Kier alpha value is -0.570. The molecule has 82 valence electrons. The van der Waals surface area contributed by atoms with Crippen LogP contribution in [0.5, 0.6) is 0 Å². The third-order valence-corrected chi connectivity index (χ3v) is 3.12. The molecule has 1 aliphatic rings. The molecule has 1 saturated heterocycles. The van der Waals surface area contributed by atoms with Gasteiger partial charge in [-0.05, 0) is 38.6 Å². The van der Waals surface area contributed by atoms with E-state index in [1.54, 1.807) is 0 Å². The van der Waals surface area contributed by atoms with Crippen molar-refractivity contribution in [1.29, 1.82) is 0 Å². The van der Waals surface area contributed by atoms with Gasteiger partial charge in [-0.3, -0.25) is 4.79 Å². The summed E-state index contributed by atoms with van der Waals surface area (Å²) in [5.41, 5.74) is -0.0195. The van der Waals surface area contributed by atoms with Gasteiger partial charge >= 0.3 is 5.97 Å². The topological polar surface area (TPSA) is 40.5 Å². The highest BCUT2D eigenvalue weighted by molar-refractivity contribution is 5.67. The first-order valence-electron chi connectivity index (χ1n) is 5.39. The first kappa shape index (κ1) is 11.5. The monoisotopic (exact) mass is 199 g/mol. The van der Waals surface area contributed by atoms with Gasteiger partial charge in [0.15, 0.2) is 0 Å². The number of carbonyl (C=O) groups is 1. The molecule has 3 nitrogen and oxygen atoms in total. The highest BCUT2D eigenvalue weighted by Crippen LogP contribution is 2.33. The first-order chi connectivity index (χ1) is 6.43. The highest BCUT2D eigenvalue weighted by Gasteiger charge is 2.33. The van der Waals surface area contributed by atoms with Gasteiger partial charge in [0, 0.05) is 12.6 Å². The average molecular weight is 199 g/mol. The molecule has 0 aromatic rings. The standard InChI is InChI=1S/C11H21NO2/c1-9(2)12-6-4-5-11(3,8-12)7-10(13)14/h9H,4-8H2,1-3H3,(H,13,14). The van der Waals surface area contributed by atoms with Crippen LogP contribution in [-0.2, 0) is 4.79 Å². The van der Waals surface area contributed by atoms with Crippen LogP contribution < -0.4 is 0 Å². The average Bonchev–Trinajstić information content (AvgIpc) is 2.01. The lowest BCUT2D eigenvalue weighted by Gasteiger charge is -2.41. The van der Waals surface area contributed by atoms with E-state index in [0.29, 0.717) is 12.5 Å². The van der Waals surface area contributed by atoms with E-state index in [2.05, 4.69) is 25.7 Å². The Morgan fingerprint density at radius 3 is 2.71 bits per heavy atom. The summed E-state index contributed by atoms with van der Waals surface area (Å²) >= 11 is 0. The summed E-state index contributed by atoms with van der Waals surface area (Å²) < 4.78 is 0. The number of rotatable bonds is 3. The van der Waals surface area contributed by atoms with Crippen molar-refractivity contribution in [2.75, 3.05) is 13.1 Å². The van der Waals surface area contributed by atoms with Crippen molar-refractivity contribution in [2.24, 2.45) is 5.41 Å². The molecule has 0 aromatic carbocycles. The summed E-state index contributed by atoms with van der Waals surface area (Å²) in [5, 5.41) is 8.84. The number of likely N-dealkylation sites (tertiary alicyclic amines) is 1. The molecule has 1 unspecified atom stereocenters.